The number of nitrogens with one attached hydrogen (secondary N) is 1. The third kappa shape index (κ3) is 10.2. The lowest BCUT2D eigenvalue weighted by Crippen LogP contribution is -2.42. The summed E-state index contributed by atoms with van der Waals surface area (Å²) in [6.45, 7) is 6.03. The molecule has 0 bridgehead atoms. The zero-order valence-corrected chi connectivity index (χ0v) is 25.4. The van der Waals surface area contributed by atoms with Crippen molar-refractivity contribution in [3.63, 3.8) is 0 Å². The highest BCUT2D eigenvalue weighted by Gasteiger charge is 2.21. The molecule has 0 aliphatic rings. The van der Waals surface area contributed by atoms with Crippen molar-refractivity contribution in [1.29, 1.82) is 0 Å². The zero-order chi connectivity index (χ0) is 30.7. The molecule has 1 atom stereocenters. The largest absolute Gasteiger partial charge is 0.478 e. The van der Waals surface area contributed by atoms with Crippen LogP contribution < -0.4 is 5.32 Å². The first kappa shape index (κ1) is 32.7. The fourth-order valence-electron chi connectivity index (χ4n) is 4.50. The molecule has 0 radical (unpaired) electrons. The highest BCUT2D eigenvalue weighted by atomic mass is 32.2. The number of aryl methyl sites for hydroxylation is 1. The first-order valence-corrected chi connectivity index (χ1v) is 14.8. The quantitative estimate of drug-likeness (QED) is 0.204. The number of fused-ring (bicyclic) bond motifs is 1. The van der Waals surface area contributed by atoms with Crippen LogP contribution in [0.3, 0.4) is 0 Å². The number of aliphatic hydroxyl groups is 1. The fourth-order valence-corrected chi connectivity index (χ4v) is 4.79. The first-order chi connectivity index (χ1) is 19.9. The molecule has 0 saturated carbocycles. The van der Waals surface area contributed by atoms with Crippen molar-refractivity contribution in [2.24, 2.45) is 4.36 Å². The molecular formula is C32H40N4O5S. The van der Waals surface area contributed by atoms with Crippen molar-refractivity contribution in [2.75, 3.05) is 27.2 Å². The maximum absolute atomic E-state index is 11.4. The molecule has 9 nitrogen and oxygen atoms in total. The van der Waals surface area contributed by atoms with Crippen molar-refractivity contribution in [3.8, 4) is 0 Å². The smallest absolute Gasteiger partial charge is 0.335 e. The van der Waals surface area contributed by atoms with E-state index in [2.05, 4.69) is 39.1 Å². The van der Waals surface area contributed by atoms with E-state index in [1.54, 1.807) is 36.4 Å². The Morgan fingerprint density at radius 2 is 1.67 bits per heavy atom. The topological polar surface area (TPSA) is 124 Å². The Hall–Kier alpha value is -3.83. The molecular weight excluding hydrogens is 552 g/mol. The SMILES string of the molecule is CN(C)CCc1cc2cc(C(=O)O)ccc2n1CCC(C)(C)NCC(O)c1cccc(N=S(=O)=O)c1.c1ccccc1. The van der Waals surface area contributed by atoms with Crippen LogP contribution >= 0.6 is 0 Å². The lowest BCUT2D eigenvalue weighted by Gasteiger charge is -2.29. The van der Waals surface area contributed by atoms with E-state index in [-0.39, 0.29) is 16.8 Å². The molecule has 10 heteroatoms. The molecule has 3 N–H and O–H groups in total. The summed E-state index contributed by atoms with van der Waals surface area (Å²) in [5, 5.41) is 24.4. The maximum atomic E-state index is 11.4. The predicted octanol–water partition coefficient (Wildman–Crippen LogP) is 5.32. The average Bonchev–Trinajstić information content (AvgIpc) is 3.31. The summed E-state index contributed by atoms with van der Waals surface area (Å²) < 4.78 is 27.4. The number of likely N-dealkylation sites (N-methyl/N-ethyl adjacent to an activating group) is 1. The summed E-state index contributed by atoms with van der Waals surface area (Å²) in [6.07, 6.45) is 0.785. The van der Waals surface area contributed by atoms with Gasteiger partial charge in [0.25, 0.3) is 0 Å². The van der Waals surface area contributed by atoms with Gasteiger partial charge in [0.05, 0.1) is 17.4 Å². The van der Waals surface area contributed by atoms with Crippen LogP contribution in [0.2, 0.25) is 0 Å². The van der Waals surface area contributed by atoms with Crippen LogP contribution in [-0.2, 0) is 23.5 Å². The van der Waals surface area contributed by atoms with Gasteiger partial charge >= 0.3 is 16.5 Å². The molecule has 1 heterocycles. The summed E-state index contributed by atoms with van der Waals surface area (Å²) in [5.74, 6) is -0.941. The number of hydrogen-bond donors (Lipinski definition) is 3. The van der Waals surface area contributed by atoms with E-state index in [0.29, 0.717) is 12.1 Å². The minimum absolute atomic E-state index is 0.271. The molecule has 0 fully saturated rings. The molecule has 0 aliphatic carbocycles. The van der Waals surface area contributed by atoms with E-state index in [4.69, 9.17) is 0 Å². The second kappa shape index (κ2) is 15.4. The van der Waals surface area contributed by atoms with E-state index in [9.17, 15) is 23.4 Å². The zero-order valence-electron chi connectivity index (χ0n) is 24.6. The van der Waals surface area contributed by atoms with E-state index in [1.165, 1.54) is 0 Å². The van der Waals surface area contributed by atoms with Gasteiger partial charge < -0.3 is 25.0 Å². The number of carboxylic acid groups (broad SMARTS) is 1. The number of carbonyl (C=O) groups is 1. The van der Waals surface area contributed by atoms with Crippen LogP contribution in [0.25, 0.3) is 10.9 Å². The highest BCUT2D eigenvalue weighted by molar-refractivity contribution is 7.61. The average molecular weight is 593 g/mol. The van der Waals surface area contributed by atoms with E-state index >= 15 is 0 Å². The summed E-state index contributed by atoms with van der Waals surface area (Å²) in [6, 6.07) is 25.8. The number of β-amino-alcohol motifs (C(OH)–C–C–N with tert-alkyl or cyclic N) is 1. The van der Waals surface area contributed by atoms with E-state index < -0.39 is 22.6 Å². The van der Waals surface area contributed by atoms with Crippen molar-refractivity contribution in [2.45, 2.75) is 44.9 Å². The van der Waals surface area contributed by atoms with Gasteiger partial charge in [0.15, 0.2) is 0 Å². The number of aromatic nitrogens is 1. The summed E-state index contributed by atoms with van der Waals surface area (Å²) in [4.78, 5) is 13.5. The molecule has 0 amide bonds. The molecule has 1 aromatic heterocycles. The third-order valence-corrected chi connectivity index (χ3v) is 7.25. The lowest BCUT2D eigenvalue weighted by atomic mass is 9.99. The lowest BCUT2D eigenvalue weighted by molar-refractivity contribution is 0.0697. The number of aromatic carboxylic acids is 1. The second-order valence-corrected chi connectivity index (χ2v) is 11.6. The van der Waals surface area contributed by atoms with Crippen molar-refractivity contribution < 1.29 is 23.4 Å². The molecule has 3 aromatic carbocycles. The van der Waals surface area contributed by atoms with Gasteiger partial charge in [0, 0.05) is 48.2 Å². The van der Waals surface area contributed by atoms with Gasteiger partial charge in [0.1, 0.15) is 0 Å². The van der Waals surface area contributed by atoms with Gasteiger partial charge in [-0.05, 0) is 76.3 Å². The molecule has 224 valence electrons. The monoisotopic (exact) mass is 592 g/mol. The fraction of sp³-hybridized carbons (Fsp3) is 0.344. The summed E-state index contributed by atoms with van der Waals surface area (Å²) in [5.41, 5.74) is 2.97. The van der Waals surface area contributed by atoms with Crippen LogP contribution in [0.5, 0.6) is 0 Å². The van der Waals surface area contributed by atoms with Gasteiger partial charge in [0.2, 0.25) is 0 Å². The summed E-state index contributed by atoms with van der Waals surface area (Å²) in [7, 11) is 1.50. The molecule has 0 spiro atoms. The third-order valence-electron chi connectivity index (χ3n) is 6.89. The van der Waals surface area contributed by atoms with Gasteiger partial charge in [-0.25, -0.2) is 4.79 Å². The molecule has 1 unspecified atom stereocenters. The number of aliphatic hydroxyl groups excluding tert-OH is 1. The minimum Gasteiger partial charge on any atom is -0.478 e. The van der Waals surface area contributed by atoms with Crippen molar-refractivity contribution in [3.05, 3.63) is 102 Å². The Morgan fingerprint density at radius 3 is 2.26 bits per heavy atom. The minimum atomic E-state index is -2.55. The van der Waals surface area contributed by atoms with Gasteiger partial charge in [-0.2, -0.15) is 8.42 Å². The number of carboxylic acids is 1. The summed E-state index contributed by atoms with van der Waals surface area (Å²) >= 11 is 0. The van der Waals surface area contributed by atoms with Gasteiger partial charge in [-0.3, -0.25) is 0 Å². The van der Waals surface area contributed by atoms with E-state index in [0.717, 1.165) is 42.5 Å². The Bertz CT molecular complexity index is 1560. The molecule has 0 aliphatic heterocycles. The molecule has 4 aromatic rings. The Kier molecular flexibility index (Phi) is 12.0. The number of benzene rings is 3. The van der Waals surface area contributed by atoms with E-state index in [1.807, 2.05) is 56.6 Å². The first-order valence-electron chi connectivity index (χ1n) is 13.8. The van der Waals surface area contributed by atoms with Crippen molar-refractivity contribution >= 4 is 33.1 Å². The Balaban J connectivity index is 0.000000715. The Labute approximate surface area is 249 Å². The van der Waals surface area contributed by atoms with Crippen LogP contribution in [0.4, 0.5) is 5.69 Å². The number of rotatable bonds is 12. The molecule has 42 heavy (non-hydrogen) atoms. The maximum Gasteiger partial charge on any atom is 0.335 e. The second-order valence-electron chi connectivity index (χ2n) is 11.0. The number of hydrogen-bond acceptors (Lipinski definition) is 7. The van der Waals surface area contributed by atoms with Crippen LogP contribution in [-0.4, -0.2) is 66.8 Å². The highest BCUT2D eigenvalue weighted by Crippen LogP contribution is 2.25. The van der Waals surface area contributed by atoms with Crippen molar-refractivity contribution in [1.82, 2.24) is 14.8 Å². The van der Waals surface area contributed by atoms with Crippen LogP contribution in [0.15, 0.2) is 89.3 Å². The molecule has 4 rings (SSSR count). The standard InChI is InChI=1S/C26H34N4O5S.C6H6/c1-26(2,27-17-24(31)18-6-5-7-21(15-18)28-36(34)35)11-13-30-22(10-12-29(3)4)16-20-14-19(25(32)33)8-9-23(20)30;1-2-4-6-5-3-1/h5-9,14-16,24,27,31H,10-13,17H2,1-4H3,(H,32,33);1-6H. The van der Waals surface area contributed by atoms with Gasteiger partial charge in [-0.1, -0.05) is 48.5 Å². The Morgan fingerprint density at radius 1 is 1.00 bits per heavy atom. The van der Waals surface area contributed by atoms with Crippen LogP contribution in [0, 0.1) is 0 Å². The normalized spacial score (nSPS) is 12.0. The molecule has 0 saturated heterocycles. The number of nitrogens with zero attached hydrogens (tertiary/aromatic N) is 3. The predicted molar refractivity (Wildman–Crippen MR) is 167 cm³/mol. The van der Waals surface area contributed by atoms with Gasteiger partial charge in [-0.15, -0.1) is 4.36 Å². The van der Waals surface area contributed by atoms with Crippen LogP contribution in [0.1, 0.15) is 48.0 Å².